The van der Waals surface area contributed by atoms with Crippen molar-refractivity contribution in [2.45, 2.75) is 38.5 Å². The Bertz CT molecular complexity index is 700. The molecule has 21 heavy (non-hydrogen) atoms. The van der Waals surface area contributed by atoms with Crippen LogP contribution >= 0.6 is 25.3 Å². The summed E-state index contributed by atoms with van der Waals surface area (Å²) in [4.78, 5) is 27.2. The lowest BCUT2D eigenvalue weighted by atomic mass is 9.86. The Kier molecular flexibility index (Phi) is 4.49. The van der Waals surface area contributed by atoms with E-state index in [2.05, 4.69) is 51.0 Å². The predicted octanol–water partition coefficient (Wildman–Crippen LogP) is 3.51. The minimum atomic E-state index is -0.807. The van der Waals surface area contributed by atoms with Crippen LogP contribution in [0.5, 0.6) is 0 Å². The maximum Gasteiger partial charge on any atom is 0.207 e. The number of thiol groups is 2. The van der Waals surface area contributed by atoms with Gasteiger partial charge in [0.05, 0.1) is 0 Å². The smallest absolute Gasteiger partial charge is 0.207 e. The summed E-state index contributed by atoms with van der Waals surface area (Å²) in [5, 5.41) is -0.859. The van der Waals surface area contributed by atoms with Gasteiger partial charge in [0.1, 0.15) is 11.4 Å². The zero-order chi connectivity index (χ0) is 15.8. The van der Waals surface area contributed by atoms with E-state index >= 15 is 0 Å². The molecule has 1 unspecified atom stereocenters. The van der Waals surface area contributed by atoms with Crippen molar-refractivity contribution >= 4 is 46.6 Å². The summed E-state index contributed by atoms with van der Waals surface area (Å²) in [6.45, 7) is 6.23. The van der Waals surface area contributed by atoms with Crippen LogP contribution in [0.25, 0.3) is 11.1 Å². The van der Waals surface area contributed by atoms with Gasteiger partial charge in [-0.25, -0.2) is 4.98 Å². The van der Waals surface area contributed by atoms with Crippen molar-refractivity contribution in [2.24, 2.45) is 0 Å². The molecule has 112 valence electrons. The van der Waals surface area contributed by atoms with Gasteiger partial charge in [-0.2, -0.15) is 0 Å². The van der Waals surface area contributed by atoms with E-state index in [0.29, 0.717) is 11.1 Å². The van der Waals surface area contributed by atoms with Crippen LogP contribution in [0.1, 0.15) is 44.6 Å². The third kappa shape index (κ3) is 3.49. The topological polar surface area (TPSA) is 60.2 Å². The minimum Gasteiger partial charge on any atom is -0.440 e. The third-order valence-corrected chi connectivity index (χ3v) is 3.71. The molecule has 0 aliphatic rings. The zero-order valence-electron chi connectivity index (χ0n) is 12.1. The van der Waals surface area contributed by atoms with Gasteiger partial charge in [-0.15, -0.1) is 25.3 Å². The van der Waals surface area contributed by atoms with E-state index in [9.17, 15) is 9.59 Å². The van der Waals surface area contributed by atoms with Gasteiger partial charge in [0.25, 0.3) is 0 Å². The van der Waals surface area contributed by atoms with Gasteiger partial charge in [0.2, 0.25) is 5.89 Å². The highest BCUT2D eigenvalue weighted by Gasteiger charge is 2.27. The fraction of sp³-hybridized carbons (Fsp3) is 0.400. The second-order valence-electron chi connectivity index (χ2n) is 5.94. The number of oxazole rings is 1. The van der Waals surface area contributed by atoms with Gasteiger partial charge in [-0.05, 0) is 17.0 Å². The number of fused-ring (bicyclic) bond motifs is 1. The molecule has 0 aliphatic carbocycles. The number of hydrogen-bond acceptors (Lipinski definition) is 4. The van der Waals surface area contributed by atoms with Crippen molar-refractivity contribution in [3.63, 3.8) is 0 Å². The highest BCUT2D eigenvalue weighted by Crippen LogP contribution is 2.32. The molecule has 1 aromatic carbocycles. The van der Waals surface area contributed by atoms with Crippen LogP contribution in [0.15, 0.2) is 22.6 Å². The molecule has 0 amide bonds. The van der Waals surface area contributed by atoms with Gasteiger partial charge in [-0.1, -0.05) is 32.9 Å². The van der Waals surface area contributed by atoms with E-state index in [0.717, 1.165) is 5.56 Å². The van der Waals surface area contributed by atoms with Crippen LogP contribution in [0.3, 0.4) is 0 Å². The molecule has 0 bridgehead atoms. The number of carbonyl (C=O) groups excluding carboxylic acids is 2. The predicted molar refractivity (Wildman–Crippen MR) is 88.1 cm³/mol. The molecule has 2 rings (SSSR count). The molecule has 0 fully saturated rings. The molecular weight excluding hydrogens is 306 g/mol. The van der Waals surface area contributed by atoms with E-state index in [1.807, 2.05) is 12.1 Å². The van der Waals surface area contributed by atoms with E-state index in [1.54, 1.807) is 6.07 Å². The van der Waals surface area contributed by atoms with Gasteiger partial charge >= 0.3 is 0 Å². The second-order valence-corrected chi connectivity index (χ2v) is 6.88. The monoisotopic (exact) mass is 323 g/mol. The van der Waals surface area contributed by atoms with Crippen LogP contribution in [-0.2, 0) is 15.0 Å². The van der Waals surface area contributed by atoms with Crippen LogP contribution in [0.4, 0.5) is 0 Å². The van der Waals surface area contributed by atoms with Gasteiger partial charge in [-0.3, -0.25) is 9.59 Å². The van der Waals surface area contributed by atoms with Gasteiger partial charge in [0, 0.05) is 6.42 Å². The van der Waals surface area contributed by atoms with Gasteiger partial charge < -0.3 is 4.42 Å². The third-order valence-electron chi connectivity index (χ3n) is 3.22. The number of nitrogens with zero attached hydrogens (tertiary/aromatic N) is 1. The lowest BCUT2D eigenvalue weighted by Gasteiger charge is -2.18. The van der Waals surface area contributed by atoms with Crippen molar-refractivity contribution in [2.75, 3.05) is 0 Å². The van der Waals surface area contributed by atoms with Crippen molar-refractivity contribution in [1.29, 1.82) is 0 Å². The summed E-state index contributed by atoms with van der Waals surface area (Å²) < 4.78 is 5.66. The lowest BCUT2D eigenvalue weighted by Crippen LogP contribution is -2.12. The zero-order valence-corrected chi connectivity index (χ0v) is 13.9. The molecule has 1 atom stereocenters. The largest absolute Gasteiger partial charge is 0.440 e. The fourth-order valence-corrected chi connectivity index (χ4v) is 2.56. The van der Waals surface area contributed by atoms with E-state index in [1.165, 1.54) is 0 Å². The number of para-hydroxylation sites is 1. The van der Waals surface area contributed by atoms with Crippen molar-refractivity contribution in [3.8, 4) is 0 Å². The molecule has 1 aromatic heterocycles. The molecule has 6 heteroatoms. The molecule has 0 saturated carbocycles. The maximum absolute atomic E-state index is 11.6. The van der Waals surface area contributed by atoms with Crippen LogP contribution in [-0.4, -0.2) is 15.2 Å². The average Bonchev–Trinajstić information content (AvgIpc) is 2.76. The van der Waals surface area contributed by atoms with E-state index in [-0.39, 0.29) is 17.7 Å². The molecule has 2 aromatic rings. The molecule has 0 spiro atoms. The Morgan fingerprint density at radius 1 is 1.29 bits per heavy atom. The Labute approximate surface area is 134 Å². The number of rotatable bonds is 4. The number of hydrogen-bond donors (Lipinski definition) is 2. The highest BCUT2D eigenvalue weighted by atomic mass is 32.1. The average molecular weight is 323 g/mol. The summed E-state index contributed by atoms with van der Waals surface area (Å²) in [6.07, 6.45) is -0.0802. The number of carbonyl (C=O) groups is 2. The van der Waals surface area contributed by atoms with Crippen molar-refractivity contribution in [3.05, 3.63) is 29.7 Å². The number of benzene rings is 1. The second kappa shape index (κ2) is 5.85. The first-order valence-electron chi connectivity index (χ1n) is 6.54. The van der Waals surface area contributed by atoms with Crippen LogP contribution in [0.2, 0.25) is 0 Å². The molecule has 0 N–H and O–H groups in total. The first kappa shape index (κ1) is 16.1. The minimum absolute atomic E-state index is 0.0802. The normalized spacial score (nSPS) is 13.4. The molecule has 0 radical (unpaired) electrons. The lowest BCUT2D eigenvalue weighted by molar-refractivity contribution is -0.117. The Morgan fingerprint density at radius 3 is 2.48 bits per heavy atom. The molecule has 4 nitrogen and oxygen atoms in total. The number of aromatic nitrogens is 1. The standard InChI is InChI=1S/C15H17NO3S2/c1-15(2,3)9-5-4-6-10-12(9)16-13(19-10)8(14(18)21)7-11(17)20/h4-6,8H,7H2,1-3H3,(H,17,20)(H,18,21). The van der Waals surface area contributed by atoms with Crippen molar-refractivity contribution < 1.29 is 14.0 Å². The maximum atomic E-state index is 11.6. The first-order chi connectivity index (χ1) is 9.70. The summed E-state index contributed by atoms with van der Waals surface area (Å²) >= 11 is 7.54. The molecule has 0 saturated heterocycles. The van der Waals surface area contributed by atoms with Crippen LogP contribution < -0.4 is 0 Å². The van der Waals surface area contributed by atoms with Crippen molar-refractivity contribution in [1.82, 2.24) is 4.98 Å². The van der Waals surface area contributed by atoms with E-state index < -0.39 is 16.1 Å². The molecule has 0 aliphatic heterocycles. The summed E-state index contributed by atoms with van der Waals surface area (Å²) in [5.74, 6) is -0.595. The summed E-state index contributed by atoms with van der Waals surface area (Å²) in [5.41, 5.74) is 2.24. The molecule has 1 heterocycles. The Balaban J connectivity index is 2.56. The first-order valence-corrected chi connectivity index (χ1v) is 7.44. The SMILES string of the molecule is CC(C)(C)c1cccc2oc(C(CC(=O)S)C(=O)S)nc12. The van der Waals surface area contributed by atoms with E-state index in [4.69, 9.17) is 4.42 Å². The Hall–Kier alpha value is -1.27. The Morgan fingerprint density at radius 2 is 1.95 bits per heavy atom. The quantitative estimate of drug-likeness (QED) is 0.845. The summed E-state index contributed by atoms with van der Waals surface area (Å²) in [6, 6.07) is 5.67. The highest BCUT2D eigenvalue weighted by molar-refractivity contribution is 7.97. The van der Waals surface area contributed by atoms with Crippen LogP contribution in [0, 0.1) is 0 Å². The fourth-order valence-electron chi connectivity index (χ4n) is 2.17. The van der Waals surface area contributed by atoms with Gasteiger partial charge in [0.15, 0.2) is 15.8 Å². The molecular formula is C15H17NO3S2. The summed E-state index contributed by atoms with van der Waals surface area (Å²) in [7, 11) is 0.